The molecule has 0 aromatic carbocycles. The van der Waals surface area contributed by atoms with Gasteiger partial charge < -0.3 is 39.7 Å². The zero-order valence-electron chi connectivity index (χ0n) is 29.1. The predicted molar refractivity (Wildman–Crippen MR) is 172 cm³/mol. The summed E-state index contributed by atoms with van der Waals surface area (Å²) in [5.74, 6) is -0.870. The molecule has 0 aromatic heterocycles. The van der Waals surface area contributed by atoms with Gasteiger partial charge in [-0.15, -0.1) is 0 Å². The highest BCUT2D eigenvalue weighted by atomic mass is 16.6. The smallest absolute Gasteiger partial charge is 0.410 e. The van der Waals surface area contributed by atoms with E-state index in [2.05, 4.69) is 0 Å². The molecule has 6 aliphatic rings. The summed E-state index contributed by atoms with van der Waals surface area (Å²) in [5, 5.41) is 43.1. The molecule has 2 spiro atoms. The Labute approximate surface area is 280 Å². The number of fused-ring (bicyclic) bond motifs is 2. The van der Waals surface area contributed by atoms with Gasteiger partial charge in [-0.25, -0.2) is 9.59 Å². The van der Waals surface area contributed by atoms with Gasteiger partial charge in [-0.05, 0) is 67.2 Å². The molecule has 0 saturated heterocycles. The van der Waals surface area contributed by atoms with Crippen LogP contribution in [0.25, 0.3) is 0 Å². The highest BCUT2D eigenvalue weighted by Crippen LogP contribution is 2.67. The van der Waals surface area contributed by atoms with Crippen molar-refractivity contribution in [1.29, 1.82) is 0 Å². The molecule has 0 bridgehead atoms. The molecule has 48 heavy (non-hydrogen) atoms. The van der Waals surface area contributed by atoms with Gasteiger partial charge in [0, 0.05) is 60.3 Å². The lowest BCUT2D eigenvalue weighted by molar-refractivity contribution is -0.138. The van der Waals surface area contributed by atoms with Crippen LogP contribution in [0.1, 0.15) is 67.2 Å². The van der Waals surface area contributed by atoms with Crippen LogP contribution < -0.4 is 0 Å². The second kappa shape index (κ2) is 10.6. The molecule has 6 rings (SSSR count). The van der Waals surface area contributed by atoms with Gasteiger partial charge in [0.1, 0.15) is 23.4 Å². The first-order valence-corrected chi connectivity index (χ1v) is 16.7. The van der Waals surface area contributed by atoms with Gasteiger partial charge in [-0.1, -0.05) is 23.3 Å². The van der Waals surface area contributed by atoms with Crippen molar-refractivity contribution in [3.8, 4) is 0 Å². The standard InChI is InChI=1S/C36H48N2O10/c1-19-23-21(25(41)33(5,45)35(19)9-10-35)15-31(3,17-39)27(23)47-29(43)37(7)13-14-38(8)30(44)48-28-24-20(2)36(11-12-36)34(6,46)26(42)22(24)16-32(28,4)18-40/h15-16,27-28,39-40,45-46H,9-14,17-18H2,1-8H3/t27-,28-,31+,32+,33+,34+/m1/s1. The molecule has 6 atom stereocenters. The Hall–Kier alpha value is -3.32. The number of nitrogens with zero attached hydrogens (tertiary/aromatic N) is 2. The van der Waals surface area contributed by atoms with Gasteiger partial charge in [0.25, 0.3) is 0 Å². The summed E-state index contributed by atoms with van der Waals surface area (Å²) in [4.78, 5) is 56.2. The Morgan fingerprint density at radius 1 is 0.708 bits per heavy atom. The van der Waals surface area contributed by atoms with Gasteiger partial charge in [0.05, 0.1) is 24.0 Å². The van der Waals surface area contributed by atoms with E-state index in [1.165, 1.54) is 37.7 Å². The summed E-state index contributed by atoms with van der Waals surface area (Å²) < 4.78 is 12.0. The predicted octanol–water partition coefficient (Wildman–Crippen LogP) is 2.60. The Kier molecular flexibility index (Phi) is 7.62. The number of hydrogen-bond donors (Lipinski definition) is 4. The van der Waals surface area contributed by atoms with Crippen molar-refractivity contribution >= 4 is 23.8 Å². The maximum Gasteiger partial charge on any atom is 0.410 e. The first-order valence-electron chi connectivity index (χ1n) is 16.7. The molecule has 6 aliphatic carbocycles. The van der Waals surface area contributed by atoms with E-state index in [4.69, 9.17) is 9.47 Å². The molecule has 12 nitrogen and oxygen atoms in total. The summed E-state index contributed by atoms with van der Waals surface area (Å²) >= 11 is 0. The minimum atomic E-state index is -1.58. The van der Waals surface area contributed by atoms with E-state index in [-0.39, 0.29) is 24.2 Å². The number of Topliss-reactive ketones (excluding diaryl/α,β-unsaturated/α-hetero) is 2. The maximum atomic E-state index is 13.4. The number of ketones is 2. The minimum absolute atomic E-state index is 0.0561. The van der Waals surface area contributed by atoms with Crippen LogP contribution >= 0.6 is 0 Å². The zero-order valence-corrected chi connectivity index (χ0v) is 29.1. The molecule has 262 valence electrons. The summed E-state index contributed by atoms with van der Waals surface area (Å²) in [5.41, 5.74) is -3.54. The third-order valence-corrected chi connectivity index (χ3v) is 12.7. The molecule has 2 amide bonds. The van der Waals surface area contributed by atoms with Gasteiger partial charge in [0.15, 0.2) is 11.6 Å². The Morgan fingerprint density at radius 3 is 1.29 bits per heavy atom. The topological polar surface area (TPSA) is 174 Å². The quantitative estimate of drug-likeness (QED) is 0.316. The van der Waals surface area contributed by atoms with Crippen LogP contribution in [-0.4, -0.2) is 118 Å². The Morgan fingerprint density at radius 2 is 1.02 bits per heavy atom. The van der Waals surface area contributed by atoms with Gasteiger partial charge in [-0.3, -0.25) is 9.59 Å². The molecule has 2 fully saturated rings. The van der Waals surface area contributed by atoms with Crippen LogP contribution in [0.2, 0.25) is 0 Å². The summed E-state index contributed by atoms with van der Waals surface area (Å²) in [7, 11) is 3.03. The fraction of sp³-hybridized carbons (Fsp3) is 0.667. The fourth-order valence-electron chi connectivity index (χ4n) is 8.77. The highest BCUT2D eigenvalue weighted by molar-refractivity contribution is 6.10. The Balaban J connectivity index is 1.14. The first-order chi connectivity index (χ1) is 22.2. The van der Waals surface area contributed by atoms with Crippen molar-refractivity contribution in [2.75, 3.05) is 40.4 Å². The number of carbonyl (C=O) groups excluding carboxylic acids is 4. The van der Waals surface area contributed by atoms with Crippen molar-refractivity contribution in [3.63, 3.8) is 0 Å². The van der Waals surface area contributed by atoms with Crippen LogP contribution in [0.3, 0.4) is 0 Å². The lowest BCUT2D eigenvalue weighted by Crippen LogP contribution is -2.50. The largest absolute Gasteiger partial charge is 0.440 e. The molecule has 0 heterocycles. The molecule has 0 aromatic rings. The van der Waals surface area contributed by atoms with Crippen LogP contribution in [-0.2, 0) is 19.1 Å². The number of ether oxygens (including phenoxy) is 2. The number of aliphatic hydroxyl groups is 4. The number of rotatable bonds is 7. The second-order valence-corrected chi connectivity index (χ2v) is 15.9. The first kappa shape index (κ1) is 34.5. The van der Waals surface area contributed by atoms with E-state index in [1.807, 2.05) is 13.8 Å². The summed E-state index contributed by atoms with van der Waals surface area (Å²) in [6.07, 6.45) is 2.43. The lowest BCUT2D eigenvalue weighted by Gasteiger charge is -2.40. The van der Waals surface area contributed by atoms with E-state index in [0.717, 1.165) is 11.1 Å². The van der Waals surface area contributed by atoms with E-state index >= 15 is 0 Å². The molecular weight excluding hydrogens is 620 g/mol. The van der Waals surface area contributed by atoms with Gasteiger partial charge in [0.2, 0.25) is 0 Å². The normalized spacial score (nSPS) is 36.9. The third kappa shape index (κ3) is 4.41. The number of hydrogen-bond acceptors (Lipinski definition) is 10. The molecular formula is C36H48N2O10. The fourth-order valence-corrected chi connectivity index (χ4v) is 8.77. The van der Waals surface area contributed by atoms with Gasteiger partial charge >= 0.3 is 12.2 Å². The van der Waals surface area contributed by atoms with E-state index < -0.39 is 82.0 Å². The molecule has 0 radical (unpaired) electrons. The number of likely N-dealkylation sites (N-methyl/N-ethyl adjacent to an activating group) is 2. The highest BCUT2D eigenvalue weighted by Gasteiger charge is 2.68. The molecule has 4 N–H and O–H groups in total. The van der Waals surface area contributed by atoms with Gasteiger partial charge in [-0.2, -0.15) is 0 Å². The van der Waals surface area contributed by atoms with E-state index in [1.54, 1.807) is 26.0 Å². The van der Waals surface area contributed by atoms with Crippen LogP contribution in [0, 0.1) is 21.7 Å². The molecule has 2 saturated carbocycles. The van der Waals surface area contributed by atoms with Crippen molar-refractivity contribution in [2.45, 2.75) is 90.6 Å². The Bertz CT molecular complexity index is 1520. The SMILES string of the molecule is CC1=C2C(=C[C@@](C)(CO)[C@@H]2OC(=O)N(C)CCN(C)C(=O)O[C@@H]2C3=C(C)C4(CC4)[C@@](C)(O)C(=O)C3=C[C@@]2(C)CO)C(=O)[C@](C)(O)C12CC2. The second-order valence-electron chi connectivity index (χ2n) is 15.9. The monoisotopic (exact) mass is 668 g/mol. The maximum absolute atomic E-state index is 13.4. The summed E-state index contributed by atoms with van der Waals surface area (Å²) in [6.45, 7) is 9.49. The lowest BCUT2D eigenvalue weighted by atomic mass is 9.67. The molecule has 0 aliphatic heterocycles. The molecule has 12 heteroatoms. The zero-order chi connectivity index (χ0) is 35.6. The average molecular weight is 669 g/mol. The summed E-state index contributed by atoms with van der Waals surface area (Å²) in [6, 6.07) is 0. The van der Waals surface area contributed by atoms with E-state index in [0.29, 0.717) is 36.8 Å². The van der Waals surface area contributed by atoms with E-state index in [9.17, 15) is 39.6 Å². The number of amides is 2. The van der Waals surface area contributed by atoms with Crippen molar-refractivity contribution < 1.29 is 49.1 Å². The van der Waals surface area contributed by atoms with Crippen LogP contribution in [0.4, 0.5) is 9.59 Å². The van der Waals surface area contributed by atoms with Crippen molar-refractivity contribution in [1.82, 2.24) is 9.80 Å². The third-order valence-electron chi connectivity index (χ3n) is 12.7. The number of aliphatic hydroxyl groups excluding tert-OH is 2. The molecule has 0 unspecified atom stereocenters. The van der Waals surface area contributed by atoms with Crippen molar-refractivity contribution in [2.24, 2.45) is 21.7 Å². The van der Waals surface area contributed by atoms with Crippen LogP contribution in [0.5, 0.6) is 0 Å². The van der Waals surface area contributed by atoms with Crippen molar-refractivity contribution in [3.05, 3.63) is 45.6 Å². The van der Waals surface area contributed by atoms with Crippen LogP contribution in [0.15, 0.2) is 45.6 Å². The average Bonchev–Trinajstić information content (AvgIpc) is 3.97. The minimum Gasteiger partial charge on any atom is -0.440 e. The number of carbonyl (C=O) groups is 4.